The van der Waals surface area contributed by atoms with Gasteiger partial charge in [-0.25, -0.2) is 8.42 Å². The normalized spacial score (nSPS) is 16.0. The molecule has 1 N–H and O–H groups in total. The smallest absolute Gasteiger partial charge is 0.243 e. The van der Waals surface area contributed by atoms with Crippen LogP contribution in [0.25, 0.3) is 6.08 Å². The maximum absolute atomic E-state index is 12.1. The van der Waals surface area contributed by atoms with Crippen molar-refractivity contribution >= 4 is 22.0 Å². The van der Waals surface area contributed by atoms with Gasteiger partial charge in [0, 0.05) is 31.6 Å². The standard InChI is InChI=1S/C18H27N3O4S/c22-18(10-9-17-8-7-11-19-16-17)20-12-3-1-2-6-15-26(23,24)21-13-4-5-14-25-21/h7-11,16H,1-6,12-15H2,(H,20,22)/b10-9+. The number of pyridine rings is 1. The van der Waals surface area contributed by atoms with E-state index >= 15 is 0 Å². The van der Waals surface area contributed by atoms with Crippen molar-refractivity contribution in [1.29, 1.82) is 0 Å². The highest BCUT2D eigenvalue weighted by molar-refractivity contribution is 7.88. The molecule has 0 atom stereocenters. The second-order valence-electron chi connectivity index (χ2n) is 6.21. The Kier molecular flexibility index (Phi) is 8.73. The first-order chi connectivity index (χ1) is 12.6. The van der Waals surface area contributed by atoms with Gasteiger partial charge in [-0.05, 0) is 43.4 Å². The Morgan fingerprint density at radius 3 is 2.85 bits per heavy atom. The highest BCUT2D eigenvalue weighted by Gasteiger charge is 2.24. The van der Waals surface area contributed by atoms with Crippen LogP contribution in [0.3, 0.4) is 0 Å². The first-order valence-corrected chi connectivity index (χ1v) is 10.7. The van der Waals surface area contributed by atoms with E-state index in [4.69, 9.17) is 4.84 Å². The van der Waals surface area contributed by atoms with Crippen LogP contribution in [0.1, 0.15) is 44.1 Å². The molecule has 0 spiro atoms. The molecule has 1 aromatic heterocycles. The van der Waals surface area contributed by atoms with Crippen LogP contribution in [0.5, 0.6) is 0 Å². The summed E-state index contributed by atoms with van der Waals surface area (Å²) in [5, 5.41) is 2.82. The summed E-state index contributed by atoms with van der Waals surface area (Å²) < 4.78 is 25.3. The van der Waals surface area contributed by atoms with E-state index in [1.807, 2.05) is 12.1 Å². The summed E-state index contributed by atoms with van der Waals surface area (Å²) in [6, 6.07) is 3.69. The molecule has 0 bridgehead atoms. The topological polar surface area (TPSA) is 88.6 Å². The van der Waals surface area contributed by atoms with Crippen molar-refractivity contribution in [3.8, 4) is 0 Å². The van der Waals surface area contributed by atoms with Gasteiger partial charge in [-0.15, -0.1) is 0 Å². The second kappa shape index (κ2) is 11.1. The Morgan fingerprint density at radius 1 is 1.27 bits per heavy atom. The van der Waals surface area contributed by atoms with Gasteiger partial charge in [0.2, 0.25) is 15.9 Å². The highest BCUT2D eigenvalue weighted by Crippen LogP contribution is 2.13. The lowest BCUT2D eigenvalue weighted by Gasteiger charge is -2.25. The number of unbranched alkanes of at least 4 members (excludes halogenated alkanes) is 3. The van der Waals surface area contributed by atoms with Crippen LogP contribution in [0.15, 0.2) is 30.6 Å². The van der Waals surface area contributed by atoms with Crippen LogP contribution in [0.2, 0.25) is 0 Å². The van der Waals surface area contributed by atoms with Crippen LogP contribution >= 0.6 is 0 Å². The number of rotatable bonds is 10. The van der Waals surface area contributed by atoms with Crippen LogP contribution in [-0.2, 0) is 19.7 Å². The van der Waals surface area contributed by atoms with E-state index < -0.39 is 10.0 Å². The summed E-state index contributed by atoms with van der Waals surface area (Å²) in [6.45, 7) is 1.52. The van der Waals surface area contributed by atoms with Crippen molar-refractivity contribution in [2.24, 2.45) is 0 Å². The average molecular weight is 381 g/mol. The lowest BCUT2D eigenvalue weighted by molar-refractivity contribution is -0.116. The minimum Gasteiger partial charge on any atom is -0.353 e. The number of carbonyl (C=O) groups excluding carboxylic acids is 1. The average Bonchev–Trinajstić information content (AvgIpc) is 2.67. The van der Waals surface area contributed by atoms with Gasteiger partial charge in [0.1, 0.15) is 0 Å². The number of amides is 1. The van der Waals surface area contributed by atoms with Gasteiger partial charge in [0.15, 0.2) is 0 Å². The molecule has 8 heteroatoms. The van der Waals surface area contributed by atoms with Gasteiger partial charge in [0.25, 0.3) is 0 Å². The minimum absolute atomic E-state index is 0.118. The van der Waals surface area contributed by atoms with Crippen LogP contribution in [0.4, 0.5) is 0 Å². The van der Waals surface area contributed by atoms with E-state index in [9.17, 15) is 13.2 Å². The van der Waals surface area contributed by atoms with Crippen molar-refractivity contribution in [2.45, 2.75) is 38.5 Å². The largest absolute Gasteiger partial charge is 0.353 e. The Morgan fingerprint density at radius 2 is 2.12 bits per heavy atom. The number of sulfonamides is 1. The number of hydrogen-bond donors (Lipinski definition) is 1. The number of aromatic nitrogens is 1. The van der Waals surface area contributed by atoms with E-state index in [1.54, 1.807) is 18.5 Å². The zero-order valence-electron chi connectivity index (χ0n) is 15.0. The number of nitrogens with one attached hydrogen (secondary N) is 1. The van der Waals surface area contributed by atoms with Gasteiger partial charge in [-0.2, -0.15) is 0 Å². The lowest BCUT2D eigenvalue weighted by Crippen LogP contribution is -2.37. The fraction of sp³-hybridized carbons (Fsp3) is 0.556. The van der Waals surface area contributed by atoms with Crippen molar-refractivity contribution in [2.75, 3.05) is 25.4 Å². The maximum atomic E-state index is 12.1. The predicted octanol–water partition coefficient (Wildman–Crippen LogP) is 2.13. The Hall–Kier alpha value is -1.77. The van der Waals surface area contributed by atoms with E-state index in [0.717, 1.165) is 42.1 Å². The molecule has 0 unspecified atom stereocenters. The predicted molar refractivity (Wildman–Crippen MR) is 100 cm³/mol. The van der Waals surface area contributed by atoms with E-state index in [0.29, 0.717) is 26.1 Å². The molecular formula is C18H27N3O4S. The summed E-state index contributed by atoms with van der Waals surface area (Å²) in [4.78, 5) is 20.9. The zero-order valence-corrected chi connectivity index (χ0v) is 15.8. The minimum atomic E-state index is -3.30. The van der Waals surface area contributed by atoms with E-state index in [-0.39, 0.29) is 11.7 Å². The molecule has 7 nitrogen and oxygen atoms in total. The molecule has 0 aliphatic carbocycles. The summed E-state index contributed by atoms with van der Waals surface area (Å²) in [7, 11) is -3.30. The van der Waals surface area contributed by atoms with Gasteiger partial charge in [0.05, 0.1) is 12.4 Å². The van der Waals surface area contributed by atoms with Gasteiger partial charge in [-0.3, -0.25) is 14.6 Å². The Labute approximate surface area is 155 Å². The molecule has 1 amide bonds. The van der Waals surface area contributed by atoms with Crippen molar-refractivity contribution in [1.82, 2.24) is 14.8 Å². The molecule has 1 aliphatic heterocycles. The van der Waals surface area contributed by atoms with Gasteiger partial charge < -0.3 is 5.32 Å². The molecule has 26 heavy (non-hydrogen) atoms. The third kappa shape index (κ3) is 7.63. The molecule has 1 aromatic rings. The maximum Gasteiger partial charge on any atom is 0.243 e. The van der Waals surface area contributed by atoms with E-state index in [1.165, 1.54) is 6.08 Å². The lowest BCUT2D eigenvalue weighted by atomic mass is 10.2. The van der Waals surface area contributed by atoms with Crippen LogP contribution in [0, 0.1) is 0 Å². The Balaban J connectivity index is 1.52. The monoisotopic (exact) mass is 381 g/mol. The van der Waals surface area contributed by atoms with Crippen molar-refractivity contribution in [3.63, 3.8) is 0 Å². The van der Waals surface area contributed by atoms with Crippen LogP contribution < -0.4 is 5.32 Å². The summed E-state index contributed by atoms with van der Waals surface area (Å²) in [5.41, 5.74) is 0.876. The first kappa shape index (κ1) is 20.5. The van der Waals surface area contributed by atoms with Crippen molar-refractivity contribution < 1.29 is 18.0 Å². The summed E-state index contributed by atoms with van der Waals surface area (Å²) >= 11 is 0. The first-order valence-electron chi connectivity index (χ1n) is 9.07. The molecular weight excluding hydrogens is 354 g/mol. The van der Waals surface area contributed by atoms with Gasteiger partial charge in [-0.1, -0.05) is 23.4 Å². The highest BCUT2D eigenvalue weighted by atomic mass is 32.2. The zero-order chi connectivity index (χ0) is 18.7. The van der Waals surface area contributed by atoms with Crippen molar-refractivity contribution in [3.05, 3.63) is 36.2 Å². The molecule has 2 heterocycles. The molecule has 1 aliphatic rings. The molecule has 0 aromatic carbocycles. The molecule has 144 valence electrons. The molecule has 0 radical (unpaired) electrons. The third-order valence-electron chi connectivity index (χ3n) is 4.02. The fourth-order valence-electron chi connectivity index (χ4n) is 2.58. The quantitative estimate of drug-likeness (QED) is 0.495. The second-order valence-corrected chi connectivity index (χ2v) is 8.19. The van der Waals surface area contributed by atoms with E-state index in [2.05, 4.69) is 10.3 Å². The number of carbonyl (C=O) groups is 1. The molecule has 0 saturated carbocycles. The summed E-state index contributed by atoms with van der Waals surface area (Å²) in [5.74, 6) is -0.0219. The number of hydroxylamine groups is 1. The SMILES string of the molecule is O=C(/C=C/c1cccnc1)NCCCCCCS(=O)(=O)N1CCCCO1. The van der Waals surface area contributed by atoms with Crippen LogP contribution in [-0.4, -0.2) is 49.2 Å². The molecule has 1 saturated heterocycles. The van der Waals surface area contributed by atoms with Gasteiger partial charge >= 0.3 is 0 Å². The summed E-state index contributed by atoms with van der Waals surface area (Å²) in [6.07, 6.45) is 11.5. The Bertz CT molecular complexity index is 671. The molecule has 1 fully saturated rings. The molecule has 2 rings (SSSR count). The number of nitrogens with zero attached hydrogens (tertiary/aromatic N) is 2. The number of hydrogen-bond acceptors (Lipinski definition) is 5. The fourth-order valence-corrected chi connectivity index (χ4v) is 3.99. The third-order valence-corrected chi connectivity index (χ3v) is 5.73.